The van der Waals surface area contributed by atoms with Gasteiger partial charge in [-0.1, -0.05) is 78.9 Å². The van der Waals surface area contributed by atoms with Crippen LogP contribution in [0, 0.1) is 11.3 Å². The van der Waals surface area contributed by atoms with E-state index in [1.165, 1.54) is 31.3 Å². The van der Waals surface area contributed by atoms with Crippen LogP contribution in [0.1, 0.15) is 5.56 Å². The van der Waals surface area contributed by atoms with Gasteiger partial charge in [-0.05, 0) is 53.6 Å². The second kappa shape index (κ2) is 8.32. The molecule has 0 radical (unpaired) electrons. The lowest BCUT2D eigenvalue weighted by Crippen LogP contribution is -1.94. The van der Waals surface area contributed by atoms with E-state index in [-0.39, 0.29) is 0 Å². The number of aromatic nitrogens is 1. The number of nitriles is 1. The Balaban J connectivity index is 1.31. The minimum absolute atomic E-state index is 0.637. The first-order valence-electron chi connectivity index (χ1n) is 13.6. The molecule has 0 unspecified atom stereocenters. The van der Waals surface area contributed by atoms with Crippen LogP contribution in [0.5, 0.6) is 0 Å². The summed E-state index contributed by atoms with van der Waals surface area (Å²) >= 11 is 1.85. The average molecular weight is 541 g/mol. The molecule has 190 valence electrons. The van der Waals surface area contributed by atoms with Gasteiger partial charge in [0.25, 0.3) is 0 Å². The molecule has 0 amide bonds. The lowest BCUT2D eigenvalue weighted by molar-refractivity contribution is 0.666. The number of fused-ring (bicyclic) bond motifs is 9. The van der Waals surface area contributed by atoms with E-state index in [1.807, 2.05) is 29.5 Å². The predicted molar refractivity (Wildman–Crippen MR) is 171 cm³/mol. The van der Waals surface area contributed by atoms with Crippen LogP contribution in [-0.2, 0) is 0 Å². The molecule has 0 fully saturated rings. The van der Waals surface area contributed by atoms with Gasteiger partial charge in [0.15, 0.2) is 5.58 Å². The van der Waals surface area contributed by atoms with E-state index < -0.39 is 0 Å². The first-order chi connectivity index (χ1) is 20.3. The molecule has 0 aliphatic heterocycles. The van der Waals surface area contributed by atoms with Gasteiger partial charge in [-0.2, -0.15) is 5.26 Å². The van der Waals surface area contributed by atoms with Crippen molar-refractivity contribution >= 4 is 75.3 Å². The monoisotopic (exact) mass is 540 g/mol. The largest absolute Gasteiger partial charge is 0.454 e. The highest BCUT2D eigenvalue weighted by Crippen LogP contribution is 2.42. The van der Waals surface area contributed by atoms with Crippen molar-refractivity contribution in [1.29, 1.82) is 5.26 Å². The van der Waals surface area contributed by atoms with Crippen LogP contribution < -0.4 is 0 Å². The Labute approximate surface area is 238 Å². The van der Waals surface area contributed by atoms with E-state index in [9.17, 15) is 5.26 Å². The van der Waals surface area contributed by atoms with E-state index in [4.69, 9.17) is 4.42 Å². The van der Waals surface area contributed by atoms with Gasteiger partial charge in [0, 0.05) is 41.7 Å². The summed E-state index contributed by atoms with van der Waals surface area (Å²) in [6, 6.07) is 44.7. The molecule has 0 saturated carbocycles. The van der Waals surface area contributed by atoms with Crippen LogP contribution in [0.2, 0.25) is 0 Å². The summed E-state index contributed by atoms with van der Waals surface area (Å²) in [6.07, 6.45) is 0. The van der Waals surface area contributed by atoms with Crippen LogP contribution in [0.15, 0.2) is 126 Å². The number of nitrogens with zero attached hydrogens (tertiary/aromatic N) is 2. The maximum absolute atomic E-state index is 9.65. The van der Waals surface area contributed by atoms with Crippen LogP contribution in [0.25, 0.3) is 80.7 Å². The molecule has 6 aromatic carbocycles. The van der Waals surface area contributed by atoms with Gasteiger partial charge < -0.3 is 8.98 Å². The third kappa shape index (κ3) is 3.12. The van der Waals surface area contributed by atoms with E-state index in [1.54, 1.807) is 0 Å². The first kappa shape index (κ1) is 22.4. The molecule has 0 aliphatic carbocycles. The summed E-state index contributed by atoms with van der Waals surface area (Å²) in [5.41, 5.74) is 7.80. The van der Waals surface area contributed by atoms with Gasteiger partial charge in [0.1, 0.15) is 5.58 Å². The van der Waals surface area contributed by atoms with Crippen molar-refractivity contribution in [1.82, 2.24) is 4.57 Å². The fourth-order valence-corrected chi connectivity index (χ4v) is 7.64. The minimum atomic E-state index is 0.637. The highest BCUT2D eigenvalue weighted by molar-refractivity contribution is 7.26. The third-order valence-corrected chi connectivity index (χ3v) is 9.45. The standard InChI is InChI=1S/C37H20N2OS/c38-21-22-15-17-26-25-7-1-3-12-31(25)39(33(26)19-22)32-13-6-10-28-30-20-23(16-18-34(30)40-36(28)32)24-9-5-11-29-27-8-2-4-14-35(27)41-37(24)29/h1-20H. The van der Waals surface area contributed by atoms with Crippen molar-refractivity contribution in [3.8, 4) is 22.9 Å². The zero-order valence-electron chi connectivity index (χ0n) is 21.8. The van der Waals surface area contributed by atoms with Crippen molar-refractivity contribution in [2.24, 2.45) is 0 Å². The highest BCUT2D eigenvalue weighted by atomic mass is 32.1. The van der Waals surface area contributed by atoms with Crippen molar-refractivity contribution in [2.75, 3.05) is 0 Å². The summed E-state index contributed by atoms with van der Waals surface area (Å²) in [6.45, 7) is 0. The molecule has 3 heterocycles. The van der Waals surface area contributed by atoms with Crippen molar-refractivity contribution in [3.63, 3.8) is 0 Å². The molecule has 0 atom stereocenters. The zero-order chi connectivity index (χ0) is 27.1. The van der Waals surface area contributed by atoms with Crippen LogP contribution in [-0.4, -0.2) is 4.57 Å². The Morgan fingerprint density at radius 1 is 0.610 bits per heavy atom. The Hall–Kier alpha value is -5.37. The number of benzene rings is 6. The number of thiophene rings is 1. The molecule has 0 spiro atoms. The molecule has 3 aromatic heterocycles. The summed E-state index contributed by atoms with van der Waals surface area (Å²) in [5, 5.41) is 16.7. The Kier molecular flexibility index (Phi) is 4.55. The van der Waals surface area contributed by atoms with E-state index in [0.717, 1.165) is 49.4 Å². The number of hydrogen-bond acceptors (Lipinski definition) is 3. The Morgan fingerprint density at radius 3 is 2.32 bits per heavy atom. The molecule has 9 rings (SSSR count). The van der Waals surface area contributed by atoms with Crippen molar-refractivity contribution in [3.05, 3.63) is 127 Å². The third-order valence-electron chi connectivity index (χ3n) is 8.24. The van der Waals surface area contributed by atoms with Gasteiger partial charge in [-0.25, -0.2) is 0 Å². The fraction of sp³-hybridized carbons (Fsp3) is 0. The summed E-state index contributed by atoms with van der Waals surface area (Å²) < 4.78 is 11.4. The molecular weight excluding hydrogens is 520 g/mol. The summed E-state index contributed by atoms with van der Waals surface area (Å²) in [7, 11) is 0. The molecule has 0 saturated heterocycles. The number of rotatable bonds is 2. The average Bonchev–Trinajstić information content (AvgIpc) is 3.70. The summed E-state index contributed by atoms with van der Waals surface area (Å²) in [4.78, 5) is 0. The van der Waals surface area contributed by atoms with Gasteiger partial charge >= 0.3 is 0 Å². The quantitative estimate of drug-likeness (QED) is 0.219. The Bertz CT molecular complexity index is 2560. The number of furan rings is 1. The highest BCUT2D eigenvalue weighted by Gasteiger charge is 2.19. The van der Waals surface area contributed by atoms with Gasteiger partial charge in [0.05, 0.1) is 28.4 Å². The van der Waals surface area contributed by atoms with Crippen LogP contribution in [0.4, 0.5) is 0 Å². The van der Waals surface area contributed by atoms with Crippen molar-refractivity contribution < 1.29 is 4.42 Å². The zero-order valence-corrected chi connectivity index (χ0v) is 22.6. The summed E-state index contributed by atoms with van der Waals surface area (Å²) in [5.74, 6) is 0. The smallest absolute Gasteiger partial charge is 0.159 e. The van der Waals surface area contributed by atoms with E-state index in [2.05, 4.69) is 114 Å². The first-order valence-corrected chi connectivity index (χ1v) is 14.4. The molecule has 4 heteroatoms. The van der Waals surface area contributed by atoms with Gasteiger partial charge in [0.2, 0.25) is 0 Å². The minimum Gasteiger partial charge on any atom is -0.454 e. The van der Waals surface area contributed by atoms with E-state index >= 15 is 0 Å². The maximum Gasteiger partial charge on any atom is 0.159 e. The topological polar surface area (TPSA) is 41.9 Å². The van der Waals surface area contributed by atoms with Crippen LogP contribution in [0.3, 0.4) is 0 Å². The molecular formula is C37H20N2OS. The van der Waals surface area contributed by atoms with Crippen LogP contribution >= 0.6 is 11.3 Å². The molecule has 0 N–H and O–H groups in total. The number of hydrogen-bond donors (Lipinski definition) is 0. The predicted octanol–water partition coefficient (Wildman–Crippen LogP) is 10.6. The normalized spacial score (nSPS) is 11.9. The molecule has 0 aliphatic rings. The second-order valence-electron chi connectivity index (χ2n) is 10.4. The SMILES string of the molecule is N#Cc1ccc2c3ccccc3n(-c3cccc4c3oc3ccc(-c5cccc6c5sc5ccccc56)cc34)c2c1. The lowest BCUT2D eigenvalue weighted by Gasteiger charge is -2.08. The van der Waals surface area contributed by atoms with Gasteiger partial charge in [-0.15, -0.1) is 11.3 Å². The second-order valence-corrected chi connectivity index (χ2v) is 11.5. The molecule has 3 nitrogen and oxygen atoms in total. The number of para-hydroxylation sites is 2. The molecule has 0 bridgehead atoms. The fourth-order valence-electron chi connectivity index (χ4n) is 6.40. The maximum atomic E-state index is 9.65. The van der Waals surface area contributed by atoms with Crippen molar-refractivity contribution in [2.45, 2.75) is 0 Å². The Morgan fingerprint density at radius 2 is 1.39 bits per heavy atom. The lowest BCUT2D eigenvalue weighted by atomic mass is 10.0. The molecule has 9 aromatic rings. The van der Waals surface area contributed by atoms with E-state index in [0.29, 0.717) is 5.56 Å². The van der Waals surface area contributed by atoms with Gasteiger partial charge in [-0.3, -0.25) is 0 Å². The molecule has 41 heavy (non-hydrogen) atoms.